The summed E-state index contributed by atoms with van der Waals surface area (Å²) in [5.41, 5.74) is -2.18. The lowest BCUT2D eigenvalue weighted by Crippen LogP contribution is -2.52. The Bertz CT molecular complexity index is 354. The van der Waals surface area contributed by atoms with E-state index in [1.807, 2.05) is 0 Å². The van der Waals surface area contributed by atoms with Gasteiger partial charge in [0.05, 0.1) is 11.0 Å². The Morgan fingerprint density at radius 1 is 1.06 bits per heavy atom. The van der Waals surface area contributed by atoms with E-state index in [1.54, 1.807) is 6.92 Å². The third-order valence-electron chi connectivity index (χ3n) is 4.20. The van der Waals surface area contributed by atoms with Crippen molar-refractivity contribution in [1.29, 1.82) is 0 Å². The molecule has 0 aromatic rings. The fourth-order valence-corrected chi connectivity index (χ4v) is 2.78. The van der Waals surface area contributed by atoms with Gasteiger partial charge in [0, 0.05) is 5.92 Å². The molecule has 0 bridgehead atoms. The SMILES string of the molecule is CC(=O)[C@@H]1CC(C(C)=O)(C(C)=O)CC[C@]1(C)O. The molecule has 0 aromatic carbocycles. The zero-order chi connectivity index (χ0) is 13.4. The van der Waals surface area contributed by atoms with Gasteiger partial charge >= 0.3 is 0 Å². The Balaban J connectivity index is 3.13. The molecule has 0 saturated heterocycles. The highest BCUT2D eigenvalue weighted by Gasteiger charge is 2.52. The fraction of sp³-hybridized carbons (Fsp3) is 0.769. The van der Waals surface area contributed by atoms with Gasteiger partial charge in [-0.1, -0.05) is 0 Å². The van der Waals surface area contributed by atoms with Crippen molar-refractivity contribution < 1.29 is 19.5 Å². The second kappa shape index (κ2) is 4.33. The Kier molecular flexibility index (Phi) is 3.58. The van der Waals surface area contributed by atoms with Gasteiger partial charge in [0.2, 0.25) is 0 Å². The molecule has 1 N–H and O–H groups in total. The fourth-order valence-electron chi connectivity index (χ4n) is 2.78. The minimum atomic E-state index is -1.11. The lowest BCUT2D eigenvalue weighted by Gasteiger charge is -2.44. The number of ketones is 3. The van der Waals surface area contributed by atoms with Crippen molar-refractivity contribution in [2.24, 2.45) is 11.3 Å². The van der Waals surface area contributed by atoms with Gasteiger partial charge in [-0.05, 0) is 47.0 Å². The first-order valence-corrected chi connectivity index (χ1v) is 5.88. The molecule has 96 valence electrons. The summed E-state index contributed by atoms with van der Waals surface area (Å²) in [6.07, 6.45) is 0.769. The van der Waals surface area contributed by atoms with Gasteiger partial charge in [0.1, 0.15) is 17.3 Å². The first kappa shape index (κ1) is 14.0. The molecule has 4 nitrogen and oxygen atoms in total. The number of hydrogen-bond acceptors (Lipinski definition) is 4. The van der Waals surface area contributed by atoms with E-state index in [-0.39, 0.29) is 23.8 Å². The minimum Gasteiger partial charge on any atom is -0.389 e. The Morgan fingerprint density at radius 2 is 1.53 bits per heavy atom. The summed E-state index contributed by atoms with van der Waals surface area (Å²) >= 11 is 0. The van der Waals surface area contributed by atoms with Crippen LogP contribution < -0.4 is 0 Å². The van der Waals surface area contributed by atoms with Gasteiger partial charge in [-0.2, -0.15) is 0 Å². The Morgan fingerprint density at radius 3 is 1.88 bits per heavy atom. The van der Waals surface area contributed by atoms with E-state index in [2.05, 4.69) is 0 Å². The number of Topliss-reactive ketones (excluding diaryl/α,β-unsaturated/α-hetero) is 3. The standard InChI is InChI=1S/C13H20O4/c1-8(14)11-7-13(9(2)15,10(3)16)6-5-12(11,4)17/h11,17H,5-7H2,1-4H3/t11-,12-/m0/s1. The van der Waals surface area contributed by atoms with Crippen molar-refractivity contribution >= 4 is 17.3 Å². The van der Waals surface area contributed by atoms with E-state index in [0.29, 0.717) is 12.8 Å². The van der Waals surface area contributed by atoms with Crippen molar-refractivity contribution in [3.8, 4) is 0 Å². The highest BCUT2D eigenvalue weighted by atomic mass is 16.3. The van der Waals surface area contributed by atoms with Crippen molar-refractivity contribution in [1.82, 2.24) is 0 Å². The molecule has 0 radical (unpaired) electrons. The van der Waals surface area contributed by atoms with Crippen LogP contribution >= 0.6 is 0 Å². The zero-order valence-electron chi connectivity index (χ0n) is 10.9. The Hall–Kier alpha value is -1.03. The van der Waals surface area contributed by atoms with Crippen LogP contribution in [-0.4, -0.2) is 28.1 Å². The summed E-state index contributed by atoms with van der Waals surface area (Å²) in [5.74, 6) is -1.20. The average Bonchev–Trinajstić information content (AvgIpc) is 2.15. The summed E-state index contributed by atoms with van der Waals surface area (Å²) in [4.78, 5) is 35.0. The molecule has 4 heteroatoms. The summed E-state index contributed by atoms with van der Waals surface area (Å²) in [6.45, 7) is 5.77. The number of carbonyl (C=O) groups is 3. The van der Waals surface area contributed by atoms with Gasteiger partial charge in [-0.15, -0.1) is 0 Å². The molecule has 1 aliphatic rings. The van der Waals surface area contributed by atoms with Crippen molar-refractivity contribution in [2.75, 3.05) is 0 Å². The summed E-state index contributed by atoms with van der Waals surface area (Å²) in [7, 11) is 0. The highest BCUT2D eigenvalue weighted by Crippen LogP contribution is 2.45. The Labute approximate surface area is 101 Å². The molecule has 1 fully saturated rings. The van der Waals surface area contributed by atoms with Crippen LogP contribution in [0.1, 0.15) is 47.0 Å². The number of aliphatic hydroxyl groups is 1. The van der Waals surface area contributed by atoms with Crippen molar-refractivity contribution in [3.63, 3.8) is 0 Å². The molecule has 0 amide bonds. The largest absolute Gasteiger partial charge is 0.389 e. The van der Waals surface area contributed by atoms with Crippen LogP contribution in [0, 0.1) is 11.3 Å². The molecule has 0 aliphatic heterocycles. The van der Waals surface area contributed by atoms with E-state index in [4.69, 9.17) is 0 Å². The molecular formula is C13H20O4. The molecule has 0 heterocycles. The van der Waals surface area contributed by atoms with Crippen LogP contribution in [0.5, 0.6) is 0 Å². The predicted octanol–water partition coefficient (Wildman–Crippen LogP) is 1.29. The summed E-state index contributed by atoms with van der Waals surface area (Å²) < 4.78 is 0. The molecule has 0 aromatic heterocycles. The van der Waals surface area contributed by atoms with Gasteiger partial charge in [0.15, 0.2) is 0 Å². The predicted molar refractivity (Wildman–Crippen MR) is 62.4 cm³/mol. The van der Waals surface area contributed by atoms with Crippen LogP contribution in [0.2, 0.25) is 0 Å². The van der Waals surface area contributed by atoms with E-state index in [9.17, 15) is 19.5 Å². The van der Waals surface area contributed by atoms with Crippen molar-refractivity contribution in [2.45, 2.75) is 52.6 Å². The van der Waals surface area contributed by atoms with E-state index in [1.165, 1.54) is 20.8 Å². The smallest absolute Gasteiger partial charge is 0.143 e. The number of hydrogen-bond donors (Lipinski definition) is 1. The minimum absolute atomic E-state index is 0.139. The van der Waals surface area contributed by atoms with Crippen LogP contribution in [0.25, 0.3) is 0 Å². The first-order chi connectivity index (χ1) is 7.63. The molecule has 0 spiro atoms. The highest BCUT2D eigenvalue weighted by molar-refractivity contribution is 6.05. The quantitative estimate of drug-likeness (QED) is 0.754. The first-order valence-electron chi connectivity index (χ1n) is 5.88. The van der Waals surface area contributed by atoms with E-state index in [0.717, 1.165) is 0 Å². The zero-order valence-corrected chi connectivity index (χ0v) is 10.9. The molecule has 17 heavy (non-hydrogen) atoms. The lowest BCUT2D eigenvalue weighted by molar-refractivity contribution is -0.152. The van der Waals surface area contributed by atoms with Gasteiger partial charge in [-0.3, -0.25) is 14.4 Å². The van der Waals surface area contributed by atoms with Gasteiger partial charge in [-0.25, -0.2) is 0 Å². The monoisotopic (exact) mass is 240 g/mol. The molecule has 2 atom stereocenters. The van der Waals surface area contributed by atoms with Crippen LogP contribution in [0.4, 0.5) is 0 Å². The van der Waals surface area contributed by atoms with Gasteiger partial charge in [0.25, 0.3) is 0 Å². The molecule has 1 rings (SSSR count). The maximum Gasteiger partial charge on any atom is 0.143 e. The van der Waals surface area contributed by atoms with Crippen LogP contribution in [0.15, 0.2) is 0 Å². The normalized spacial score (nSPS) is 31.9. The maximum absolute atomic E-state index is 11.7. The second-order valence-corrected chi connectivity index (χ2v) is 5.42. The summed E-state index contributed by atoms with van der Waals surface area (Å²) in [6, 6.07) is 0. The van der Waals surface area contributed by atoms with E-state index < -0.39 is 16.9 Å². The third kappa shape index (κ3) is 2.32. The topological polar surface area (TPSA) is 71.4 Å². The molecule has 1 aliphatic carbocycles. The molecular weight excluding hydrogens is 220 g/mol. The van der Waals surface area contributed by atoms with Crippen LogP contribution in [-0.2, 0) is 14.4 Å². The number of rotatable bonds is 3. The van der Waals surface area contributed by atoms with Crippen molar-refractivity contribution in [3.05, 3.63) is 0 Å². The summed E-state index contributed by atoms with van der Waals surface area (Å²) in [5, 5.41) is 10.2. The second-order valence-electron chi connectivity index (χ2n) is 5.42. The molecule has 0 unspecified atom stereocenters. The average molecular weight is 240 g/mol. The van der Waals surface area contributed by atoms with Crippen LogP contribution in [0.3, 0.4) is 0 Å². The van der Waals surface area contributed by atoms with Gasteiger partial charge < -0.3 is 5.11 Å². The number of carbonyl (C=O) groups excluding carboxylic acids is 3. The maximum atomic E-state index is 11.7. The van der Waals surface area contributed by atoms with E-state index >= 15 is 0 Å². The molecule has 1 saturated carbocycles. The third-order valence-corrected chi connectivity index (χ3v) is 4.20. The lowest BCUT2D eigenvalue weighted by atomic mass is 9.60.